The number of hydrogen-bond acceptors (Lipinski definition) is 5. The molecule has 0 N–H and O–H groups in total. The fourth-order valence-corrected chi connectivity index (χ4v) is 4.27. The van der Waals surface area contributed by atoms with Gasteiger partial charge in [-0.05, 0) is 67.4 Å². The van der Waals surface area contributed by atoms with Gasteiger partial charge in [-0.2, -0.15) is 10.2 Å². The predicted molar refractivity (Wildman–Crippen MR) is 136 cm³/mol. The van der Waals surface area contributed by atoms with Crippen LogP contribution in [0.3, 0.4) is 0 Å². The number of nitrogens with zero attached hydrogens (tertiary/aromatic N) is 4. The summed E-state index contributed by atoms with van der Waals surface area (Å²) in [6.07, 6.45) is 2.38. The molecule has 4 rings (SSSR count). The first-order valence-corrected chi connectivity index (χ1v) is 12.3. The molecule has 0 spiro atoms. The molecule has 0 amide bonds. The lowest BCUT2D eigenvalue weighted by Crippen LogP contribution is -2.39. The van der Waals surface area contributed by atoms with E-state index in [0.717, 1.165) is 44.6 Å². The number of carbonyl (C=O) groups excluding carboxylic acids is 1. The predicted octanol–water partition coefficient (Wildman–Crippen LogP) is 5.92. The Labute approximate surface area is 207 Å². The summed E-state index contributed by atoms with van der Waals surface area (Å²) in [5.74, 6) is -0.360. The quantitative estimate of drug-likeness (QED) is 0.254. The van der Waals surface area contributed by atoms with Gasteiger partial charge in [-0.1, -0.05) is 31.2 Å². The fraction of sp³-hybridized carbons (Fsp3) is 0.346. The monoisotopic (exact) mass is 524 g/mol. The molecule has 2 heterocycles. The van der Waals surface area contributed by atoms with E-state index in [9.17, 15) is 4.79 Å². The number of fused-ring (bicyclic) bond motifs is 1. The molecular formula is C26H29BrN4O3. The molecule has 34 heavy (non-hydrogen) atoms. The second-order valence-corrected chi connectivity index (χ2v) is 9.07. The van der Waals surface area contributed by atoms with Crippen molar-refractivity contribution < 1.29 is 14.3 Å². The van der Waals surface area contributed by atoms with Gasteiger partial charge in [0.15, 0.2) is 5.60 Å². The zero-order valence-corrected chi connectivity index (χ0v) is 21.5. The number of rotatable bonds is 9. The van der Waals surface area contributed by atoms with Gasteiger partial charge in [-0.25, -0.2) is 9.48 Å². The molecule has 4 aromatic rings. The van der Waals surface area contributed by atoms with Crippen LogP contribution in [0.1, 0.15) is 39.8 Å². The zero-order chi connectivity index (χ0) is 24.3. The molecule has 0 saturated heterocycles. The van der Waals surface area contributed by atoms with Crippen molar-refractivity contribution in [3.63, 3.8) is 0 Å². The van der Waals surface area contributed by atoms with Crippen LogP contribution in [-0.4, -0.2) is 37.7 Å². The second kappa shape index (κ2) is 10.1. The van der Waals surface area contributed by atoms with Gasteiger partial charge in [-0.15, -0.1) is 0 Å². The molecule has 2 aromatic heterocycles. The Hall–Kier alpha value is -2.97. The molecule has 7 nitrogen and oxygen atoms in total. The maximum absolute atomic E-state index is 12.4. The van der Waals surface area contributed by atoms with Crippen LogP contribution in [0.15, 0.2) is 59.2 Å². The summed E-state index contributed by atoms with van der Waals surface area (Å²) in [4.78, 5) is 12.4. The molecule has 0 radical (unpaired) electrons. The van der Waals surface area contributed by atoms with E-state index in [1.165, 1.54) is 0 Å². The Morgan fingerprint density at radius 1 is 1.12 bits per heavy atom. The topological polar surface area (TPSA) is 71.2 Å². The first kappa shape index (κ1) is 24.2. The summed E-state index contributed by atoms with van der Waals surface area (Å²) in [6.45, 7) is 8.83. The zero-order valence-electron chi connectivity index (χ0n) is 19.9. The standard InChI is InChI=1S/C26H29BrN4O3/c1-5-26(4,25(32)33-7-3)34-17-20-15-24(31(29-20)22-11-9-8-10-21(22)27)18-12-13-19-16-28-30(6-2)23(19)14-18/h8-16H,5-7,17H2,1-4H3/t26-/m1/s1. The molecule has 0 aliphatic heterocycles. The summed E-state index contributed by atoms with van der Waals surface area (Å²) in [7, 11) is 0. The summed E-state index contributed by atoms with van der Waals surface area (Å²) in [5.41, 5.74) is 3.61. The number of halogens is 1. The largest absolute Gasteiger partial charge is 0.464 e. The molecule has 0 aliphatic rings. The van der Waals surface area contributed by atoms with E-state index in [-0.39, 0.29) is 12.6 Å². The Morgan fingerprint density at radius 2 is 1.91 bits per heavy atom. The molecule has 0 fully saturated rings. The molecule has 0 unspecified atom stereocenters. The number of hydrogen-bond donors (Lipinski definition) is 0. The van der Waals surface area contributed by atoms with Gasteiger partial charge in [-0.3, -0.25) is 4.68 Å². The molecular weight excluding hydrogens is 496 g/mol. The Morgan fingerprint density at radius 3 is 2.62 bits per heavy atom. The van der Waals surface area contributed by atoms with Crippen molar-refractivity contribution in [3.05, 3.63) is 64.9 Å². The van der Waals surface area contributed by atoms with E-state index in [1.54, 1.807) is 13.8 Å². The third kappa shape index (κ3) is 4.65. The minimum Gasteiger partial charge on any atom is -0.464 e. The van der Waals surface area contributed by atoms with Crippen LogP contribution in [0.4, 0.5) is 0 Å². The van der Waals surface area contributed by atoms with Gasteiger partial charge < -0.3 is 9.47 Å². The van der Waals surface area contributed by atoms with Gasteiger partial charge in [0.1, 0.15) is 0 Å². The van der Waals surface area contributed by atoms with E-state index < -0.39 is 5.60 Å². The molecule has 178 valence electrons. The molecule has 8 heteroatoms. The highest BCUT2D eigenvalue weighted by molar-refractivity contribution is 9.10. The third-order valence-corrected chi connectivity index (χ3v) is 6.67. The molecule has 0 bridgehead atoms. The number of aryl methyl sites for hydroxylation is 1. The van der Waals surface area contributed by atoms with Crippen molar-refractivity contribution in [1.82, 2.24) is 19.6 Å². The van der Waals surface area contributed by atoms with Crippen LogP contribution in [0, 0.1) is 0 Å². The van der Waals surface area contributed by atoms with Crippen molar-refractivity contribution in [1.29, 1.82) is 0 Å². The van der Waals surface area contributed by atoms with Gasteiger partial charge in [0.05, 0.1) is 42.0 Å². The van der Waals surface area contributed by atoms with Crippen LogP contribution in [-0.2, 0) is 27.4 Å². The summed E-state index contributed by atoms with van der Waals surface area (Å²) in [5, 5.41) is 10.4. The van der Waals surface area contributed by atoms with Crippen LogP contribution < -0.4 is 0 Å². The maximum atomic E-state index is 12.4. The number of carbonyl (C=O) groups is 1. The minimum absolute atomic E-state index is 0.183. The molecule has 1 atom stereocenters. The smallest absolute Gasteiger partial charge is 0.338 e. The average Bonchev–Trinajstić information content (AvgIpc) is 3.46. The van der Waals surface area contributed by atoms with E-state index in [0.29, 0.717) is 13.0 Å². The fourth-order valence-electron chi connectivity index (χ4n) is 3.82. The SMILES string of the molecule is CCOC(=O)[C@@](C)(CC)OCc1cc(-c2ccc3cnn(CC)c3c2)n(-c2ccccc2Br)n1. The summed E-state index contributed by atoms with van der Waals surface area (Å²) in [6, 6.07) is 16.2. The van der Waals surface area contributed by atoms with Crippen LogP contribution in [0.5, 0.6) is 0 Å². The Kier molecular flexibility index (Phi) is 7.19. The van der Waals surface area contributed by atoms with Gasteiger partial charge in [0.25, 0.3) is 0 Å². The number of esters is 1. The number of para-hydroxylation sites is 1. The highest BCUT2D eigenvalue weighted by atomic mass is 79.9. The lowest BCUT2D eigenvalue weighted by Gasteiger charge is -2.25. The van der Waals surface area contributed by atoms with Crippen molar-refractivity contribution in [2.45, 2.75) is 52.9 Å². The molecule has 0 saturated carbocycles. The highest BCUT2D eigenvalue weighted by Crippen LogP contribution is 2.31. The first-order chi connectivity index (χ1) is 16.4. The second-order valence-electron chi connectivity index (χ2n) is 8.21. The van der Waals surface area contributed by atoms with Crippen molar-refractivity contribution in [3.8, 4) is 16.9 Å². The van der Waals surface area contributed by atoms with Crippen LogP contribution >= 0.6 is 15.9 Å². The van der Waals surface area contributed by atoms with E-state index >= 15 is 0 Å². The van der Waals surface area contributed by atoms with E-state index in [4.69, 9.17) is 14.6 Å². The van der Waals surface area contributed by atoms with Crippen molar-refractivity contribution in [2.24, 2.45) is 0 Å². The van der Waals surface area contributed by atoms with Crippen LogP contribution in [0.2, 0.25) is 0 Å². The van der Waals surface area contributed by atoms with Crippen molar-refractivity contribution in [2.75, 3.05) is 6.61 Å². The third-order valence-electron chi connectivity index (χ3n) is 6.00. The average molecular weight is 525 g/mol. The first-order valence-electron chi connectivity index (χ1n) is 11.5. The van der Waals surface area contributed by atoms with E-state index in [2.05, 4.69) is 46.2 Å². The Balaban J connectivity index is 1.76. The normalized spacial score (nSPS) is 13.2. The maximum Gasteiger partial charge on any atom is 0.338 e. The number of benzene rings is 2. The summed E-state index contributed by atoms with van der Waals surface area (Å²) >= 11 is 3.66. The lowest BCUT2D eigenvalue weighted by atomic mass is 10.0. The lowest BCUT2D eigenvalue weighted by molar-refractivity contribution is -0.172. The van der Waals surface area contributed by atoms with Crippen molar-refractivity contribution >= 4 is 32.8 Å². The minimum atomic E-state index is -1.03. The summed E-state index contributed by atoms with van der Waals surface area (Å²) < 4.78 is 16.1. The van der Waals surface area contributed by atoms with Crippen LogP contribution in [0.25, 0.3) is 27.8 Å². The van der Waals surface area contributed by atoms with E-state index in [1.807, 2.05) is 52.8 Å². The Bertz CT molecular complexity index is 1310. The number of aromatic nitrogens is 4. The van der Waals surface area contributed by atoms with Gasteiger partial charge in [0, 0.05) is 22.0 Å². The van der Waals surface area contributed by atoms with Gasteiger partial charge >= 0.3 is 5.97 Å². The van der Waals surface area contributed by atoms with Gasteiger partial charge in [0.2, 0.25) is 0 Å². The highest BCUT2D eigenvalue weighted by Gasteiger charge is 2.34. The molecule has 0 aliphatic carbocycles. The molecule has 2 aromatic carbocycles. The number of ether oxygens (including phenoxy) is 2.